The molecule has 0 unspecified atom stereocenters. The fourth-order valence-corrected chi connectivity index (χ4v) is 3.07. The van der Waals surface area contributed by atoms with E-state index in [9.17, 15) is 9.90 Å². The lowest BCUT2D eigenvalue weighted by molar-refractivity contribution is 0.0697. The number of rotatable bonds is 2. The fraction of sp³-hybridized carbons (Fsp3) is 0.588. The first kappa shape index (κ1) is 14.9. The lowest BCUT2D eigenvalue weighted by atomic mass is 9.75. The first-order valence-corrected chi connectivity index (χ1v) is 7.38. The van der Waals surface area contributed by atoms with E-state index in [0.29, 0.717) is 11.0 Å². The van der Waals surface area contributed by atoms with E-state index in [-0.39, 0.29) is 0 Å². The van der Waals surface area contributed by atoms with Crippen molar-refractivity contribution in [3.8, 4) is 0 Å². The van der Waals surface area contributed by atoms with E-state index in [1.54, 1.807) is 6.07 Å². The Bertz CT molecular complexity index is 494. The number of aromatic carboxylic acids is 1. The molecule has 0 aromatic heterocycles. The molecule has 1 heterocycles. The number of anilines is 1. The molecule has 1 aliphatic rings. The van der Waals surface area contributed by atoms with Crippen LogP contribution in [0, 0.1) is 18.3 Å². The van der Waals surface area contributed by atoms with Gasteiger partial charge in [-0.25, -0.2) is 4.79 Å². The highest BCUT2D eigenvalue weighted by molar-refractivity contribution is 5.94. The van der Waals surface area contributed by atoms with Crippen molar-refractivity contribution < 1.29 is 9.90 Å². The van der Waals surface area contributed by atoms with E-state index in [1.807, 2.05) is 19.1 Å². The fourth-order valence-electron chi connectivity index (χ4n) is 3.07. The SMILES string of the molecule is Cc1ccc(C(=O)O)c(N2CCC(C(C)(C)C)CC2)c1. The van der Waals surface area contributed by atoms with Crippen LogP contribution in [0.4, 0.5) is 5.69 Å². The van der Waals surface area contributed by atoms with Gasteiger partial charge in [-0.2, -0.15) is 0 Å². The van der Waals surface area contributed by atoms with Gasteiger partial charge in [0.2, 0.25) is 0 Å². The molecule has 0 atom stereocenters. The summed E-state index contributed by atoms with van der Waals surface area (Å²) in [5, 5.41) is 9.34. The lowest BCUT2D eigenvalue weighted by Gasteiger charge is -2.40. The number of carbonyl (C=O) groups is 1. The Labute approximate surface area is 121 Å². The summed E-state index contributed by atoms with van der Waals surface area (Å²) in [7, 11) is 0. The molecule has 0 saturated carbocycles. The van der Waals surface area contributed by atoms with Crippen LogP contribution < -0.4 is 4.90 Å². The third kappa shape index (κ3) is 3.14. The highest BCUT2D eigenvalue weighted by Gasteiger charge is 2.29. The predicted octanol–water partition coefficient (Wildman–Crippen LogP) is 3.96. The van der Waals surface area contributed by atoms with Gasteiger partial charge in [-0.1, -0.05) is 26.8 Å². The number of nitrogens with zero attached hydrogens (tertiary/aromatic N) is 1. The van der Waals surface area contributed by atoms with Gasteiger partial charge in [-0.05, 0) is 48.8 Å². The average Bonchev–Trinajstić information content (AvgIpc) is 2.37. The predicted molar refractivity (Wildman–Crippen MR) is 82.5 cm³/mol. The zero-order valence-electron chi connectivity index (χ0n) is 12.9. The summed E-state index contributed by atoms with van der Waals surface area (Å²) in [6.45, 7) is 10.8. The molecule has 2 rings (SSSR count). The molecule has 1 N–H and O–H groups in total. The minimum absolute atomic E-state index is 0.342. The molecule has 1 fully saturated rings. The largest absolute Gasteiger partial charge is 0.478 e. The van der Waals surface area contributed by atoms with Crippen molar-refractivity contribution in [3.05, 3.63) is 29.3 Å². The smallest absolute Gasteiger partial charge is 0.337 e. The molecule has 0 aliphatic carbocycles. The topological polar surface area (TPSA) is 40.5 Å². The number of piperidine rings is 1. The lowest BCUT2D eigenvalue weighted by Crippen LogP contribution is -2.38. The summed E-state index contributed by atoms with van der Waals surface area (Å²) >= 11 is 0. The van der Waals surface area contributed by atoms with E-state index in [1.165, 1.54) is 0 Å². The Morgan fingerprint density at radius 2 is 1.85 bits per heavy atom. The van der Waals surface area contributed by atoms with Crippen molar-refractivity contribution in [2.75, 3.05) is 18.0 Å². The number of carboxylic acid groups (broad SMARTS) is 1. The van der Waals surface area contributed by atoms with Gasteiger partial charge < -0.3 is 10.0 Å². The Hall–Kier alpha value is -1.51. The Morgan fingerprint density at radius 3 is 2.35 bits per heavy atom. The van der Waals surface area contributed by atoms with Gasteiger partial charge in [0, 0.05) is 13.1 Å². The van der Waals surface area contributed by atoms with Crippen molar-refractivity contribution in [1.82, 2.24) is 0 Å². The number of benzene rings is 1. The molecule has 0 radical (unpaired) electrons. The summed E-state index contributed by atoms with van der Waals surface area (Å²) in [5.74, 6) is -0.116. The van der Waals surface area contributed by atoms with Crippen LogP contribution in [0.25, 0.3) is 0 Å². The Balaban J connectivity index is 2.18. The number of hydrogen-bond acceptors (Lipinski definition) is 2. The van der Waals surface area contributed by atoms with E-state index < -0.39 is 5.97 Å². The van der Waals surface area contributed by atoms with Crippen molar-refractivity contribution >= 4 is 11.7 Å². The van der Waals surface area contributed by atoms with Crippen LogP contribution in [0.1, 0.15) is 49.5 Å². The van der Waals surface area contributed by atoms with Crippen LogP contribution in [0.15, 0.2) is 18.2 Å². The second kappa shape index (κ2) is 5.47. The first-order valence-electron chi connectivity index (χ1n) is 7.38. The summed E-state index contributed by atoms with van der Waals surface area (Å²) in [6.07, 6.45) is 2.27. The maximum absolute atomic E-state index is 11.4. The van der Waals surface area contributed by atoms with Crippen LogP contribution in [0.3, 0.4) is 0 Å². The molecule has 20 heavy (non-hydrogen) atoms. The number of aryl methyl sites for hydroxylation is 1. The van der Waals surface area contributed by atoms with E-state index in [0.717, 1.165) is 43.1 Å². The minimum atomic E-state index is -0.835. The zero-order valence-corrected chi connectivity index (χ0v) is 12.9. The van der Waals surface area contributed by atoms with Crippen LogP contribution in [0.2, 0.25) is 0 Å². The second-order valence-corrected chi connectivity index (χ2v) is 6.95. The van der Waals surface area contributed by atoms with Crippen molar-refractivity contribution in [2.45, 2.75) is 40.5 Å². The van der Waals surface area contributed by atoms with Gasteiger partial charge in [0.25, 0.3) is 0 Å². The standard InChI is InChI=1S/C17H25NO2/c1-12-5-6-14(16(19)20)15(11-12)18-9-7-13(8-10-18)17(2,3)4/h5-6,11,13H,7-10H2,1-4H3,(H,19,20). The quantitative estimate of drug-likeness (QED) is 0.888. The number of hydrogen-bond donors (Lipinski definition) is 1. The molecule has 1 aromatic rings. The van der Waals surface area contributed by atoms with E-state index >= 15 is 0 Å². The molecule has 0 amide bonds. The molecule has 1 saturated heterocycles. The van der Waals surface area contributed by atoms with Crippen LogP contribution in [0.5, 0.6) is 0 Å². The molecular formula is C17H25NO2. The van der Waals surface area contributed by atoms with Crippen molar-refractivity contribution in [3.63, 3.8) is 0 Å². The molecule has 1 aromatic carbocycles. The van der Waals surface area contributed by atoms with Gasteiger partial charge in [0.15, 0.2) is 0 Å². The molecule has 0 bridgehead atoms. The zero-order chi connectivity index (χ0) is 14.9. The highest BCUT2D eigenvalue weighted by Crippen LogP contribution is 2.36. The normalized spacial score (nSPS) is 17.3. The molecule has 1 aliphatic heterocycles. The first-order chi connectivity index (χ1) is 9.29. The van der Waals surface area contributed by atoms with E-state index in [2.05, 4.69) is 25.7 Å². The number of carboxylic acids is 1. The van der Waals surface area contributed by atoms with Gasteiger partial charge in [0.05, 0.1) is 11.3 Å². The Morgan fingerprint density at radius 1 is 1.25 bits per heavy atom. The van der Waals surface area contributed by atoms with Gasteiger partial charge in [0.1, 0.15) is 0 Å². The molecule has 0 spiro atoms. The maximum atomic E-state index is 11.4. The molecule has 3 nitrogen and oxygen atoms in total. The monoisotopic (exact) mass is 275 g/mol. The van der Waals surface area contributed by atoms with Gasteiger partial charge in [-0.3, -0.25) is 0 Å². The summed E-state index contributed by atoms with van der Waals surface area (Å²) in [6, 6.07) is 5.60. The van der Waals surface area contributed by atoms with Crippen LogP contribution in [-0.4, -0.2) is 24.2 Å². The molecule has 110 valence electrons. The summed E-state index contributed by atoms with van der Waals surface area (Å²) in [5.41, 5.74) is 2.76. The second-order valence-electron chi connectivity index (χ2n) is 6.95. The van der Waals surface area contributed by atoms with Crippen LogP contribution in [-0.2, 0) is 0 Å². The third-order valence-electron chi connectivity index (χ3n) is 4.44. The van der Waals surface area contributed by atoms with Crippen molar-refractivity contribution in [2.24, 2.45) is 11.3 Å². The maximum Gasteiger partial charge on any atom is 0.337 e. The van der Waals surface area contributed by atoms with Gasteiger partial charge >= 0.3 is 5.97 Å². The van der Waals surface area contributed by atoms with Crippen LogP contribution >= 0.6 is 0 Å². The molecular weight excluding hydrogens is 250 g/mol. The van der Waals surface area contributed by atoms with Crippen molar-refractivity contribution in [1.29, 1.82) is 0 Å². The minimum Gasteiger partial charge on any atom is -0.478 e. The summed E-state index contributed by atoms with van der Waals surface area (Å²) in [4.78, 5) is 13.6. The average molecular weight is 275 g/mol. The Kier molecular flexibility index (Phi) is 4.07. The highest BCUT2D eigenvalue weighted by atomic mass is 16.4. The van der Waals surface area contributed by atoms with Gasteiger partial charge in [-0.15, -0.1) is 0 Å². The molecule has 3 heteroatoms. The van der Waals surface area contributed by atoms with E-state index in [4.69, 9.17) is 0 Å². The third-order valence-corrected chi connectivity index (χ3v) is 4.44. The summed E-state index contributed by atoms with van der Waals surface area (Å²) < 4.78 is 0.